The Bertz CT molecular complexity index is 779. The Balaban J connectivity index is 1.91. The number of nitrogens with one attached hydrogen (secondary N) is 2. The molecule has 0 unspecified atom stereocenters. The SMILES string of the molecule is Nc1nc(NC2CCCCC2)nc(Nc2cccc(Cl)c2)c1[N+](=O)[O-]. The van der Waals surface area contributed by atoms with E-state index in [1.807, 2.05) is 0 Å². The van der Waals surface area contributed by atoms with E-state index in [-0.39, 0.29) is 23.4 Å². The maximum absolute atomic E-state index is 11.4. The molecular weight excluding hydrogens is 344 g/mol. The van der Waals surface area contributed by atoms with Crippen LogP contribution in [0.1, 0.15) is 32.1 Å². The Kier molecular flexibility index (Phi) is 5.18. The maximum Gasteiger partial charge on any atom is 0.353 e. The second kappa shape index (κ2) is 7.52. The first-order valence-electron chi connectivity index (χ1n) is 8.14. The molecule has 0 spiro atoms. The number of rotatable bonds is 5. The van der Waals surface area contributed by atoms with Crippen LogP contribution in [0.4, 0.5) is 29.0 Å². The van der Waals surface area contributed by atoms with E-state index >= 15 is 0 Å². The first-order valence-corrected chi connectivity index (χ1v) is 8.52. The summed E-state index contributed by atoms with van der Waals surface area (Å²) in [5.74, 6) is 0.153. The predicted octanol–water partition coefficient (Wildman–Crippen LogP) is 4.11. The van der Waals surface area contributed by atoms with Crippen LogP contribution in [0.15, 0.2) is 24.3 Å². The number of anilines is 4. The van der Waals surface area contributed by atoms with E-state index in [4.69, 9.17) is 17.3 Å². The van der Waals surface area contributed by atoms with E-state index < -0.39 is 4.92 Å². The summed E-state index contributed by atoms with van der Waals surface area (Å²) < 4.78 is 0. The lowest BCUT2D eigenvalue weighted by Crippen LogP contribution is -2.24. The van der Waals surface area contributed by atoms with E-state index in [0.29, 0.717) is 16.7 Å². The molecule has 1 aliphatic carbocycles. The number of benzene rings is 1. The number of aromatic nitrogens is 2. The summed E-state index contributed by atoms with van der Waals surface area (Å²) in [4.78, 5) is 19.1. The molecule has 0 amide bonds. The standard InChI is InChI=1S/C16H19ClN6O2/c17-10-5-4-8-12(9-10)19-15-13(23(24)25)14(18)21-16(22-15)20-11-6-2-1-3-7-11/h4-5,8-9,11H,1-3,6-7H2,(H4,18,19,20,21,22). The van der Waals surface area contributed by atoms with Crippen LogP contribution in [0.3, 0.4) is 0 Å². The number of nitrogen functional groups attached to an aromatic ring is 1. The topological polar surface area (TPSA) is 119 Å². The van der Waals surface area contributed by atoms with Crippen molar-refractivity contribution < 1.29 is 4.92 Å². The zero-order valence-electron chi connectivity index (χ0n) is 13.5. The first kappa shape index (κ1) is 17.2. The highest BCUT2D eigenvalue weighted by molar-refractivity contribution is 6.30. The fraction of sp³-hybridized carbons (Fsp3) is 0.375. The van der Waals surface area contributed by atoms with Crippen LogP contribution < -0.4 is 16.4 Å². The lowest BCUT2D eigenvalue weighted by atomic mass is 9.96. The summed E-state index contributed by atoms with van der Waals surface area (Å²) in [5.41, 5.74) is 6.04. The Labute approximate surface area is 150 Å². The maximum atomic E-state index is 11.4. The fourth-order valence-corrected chi connectivity index (χ4v) is 3.13. The van der Waals surface area contributed by atoms with Gasteiger partial charge in [-0.15, -0.1) is 0 Å². The van der Waals surface area contributed by atoms with E-state index in [0.717, 1.165) is 25.7 Å². The zero-order chi connectivity index (χ0) is 17.8. The van der Waals surface area contributed by atoms with Gasteiger partial charge in [0.2, 0.25) is 17.6 Å². The Hall–Kier alpha value is -2.61. The monoisotopic (exact) mass is 362 g/mol. The minimum Gasteiger partial charge on any atom is -0.378 e. The lowest BCUT2D eigenvalue weighted by Gasteiger charge is -2.23. The molecule has 0 aliphatic heterocycles. The van der Waals surface area contributed by atoms with Crippen LogP contribution in [-0.4, -0.2) is 20.9 Å². The highest BCUT2D eigenvalue weighted by atomic mass is 35.5. The molecule has 2 aromatic rings. The van der Waals surface area contributed by atoms with Gasteiger partial charge in [0.1, 0.15) is 0 Å². The molecule has 8 nitrogen and oxygen atoms in total. The van der Waals surface area contributed by atoms with Crippen LogP contribution in [0, 0.1) is 10.1 Å². The fourth-order valence-electron chi connectivity index (χ4n) is 2.94. The molecule has 1 aromatic heterocycles. The molecule has 0 saturated heterocycles. The van der Waals surface area contributed by atoms with E-state index in [2.05, 4.69) is 20.6 Å². The third-order valence-corrected chi connectivity index (χ3v) is 4.35. The van der Waals surface area contributed by atoms with Gasteiger partial charge in [0, 0.05) is 16.8 Å². The average molecular weight is 363 g/mol. The molecule has 1 aromatic carbocycles. The largest absolute Gasteiger partial charge is 0.378 e. The molecule has 3 rings (SSSR count). The Morgan fingerprint density at radius 1 is 1.24 bits per heavy atom. The zero-order valence-corrected chi connectivity index (χ0v) is 14.3. The van der Waals surface area contributed by atoms with Crippen LogP contribution in [0.5, 0.6) is 0 Å². The molecule has 132 valence electrons. The van der Waals surface area contributed by atoms with E-state index in [1.165, 1.54) is 6.42 Å². The van der Waals surface area contributed by atoms with Crippen molar-refractivity contribution in [3.63, 3.8) is 0 Å². The minimum atomic E-state index is -0.591. The van der Waals surface area contributed by atoms with Gasteiger partial charge in [-0.05, 0) is 31.0 Å². The van der Waals surface area contributed by atoms with Crippen molar-refractivity contribution in [1.29, 1.82) is 0 Å². The van der Waals surface area contributed by atoms with Crippen molar-refractivity contribution in [3.05, 3.63) is 39.4 Å². The van der Waals surface area contributed by atoms with Gasteiger partial charge in [0.25, 0.3) is 0 Å². The molecule has 9 heteroatoms. The third kappa shape index (κ3) is 4.27. The second-order valence-electron chi connectivity index (χ2n) is 6.00. The molecular formula is C16H19ClN6O2. The first-order chi connectivity index (χ1) is 12.0. The van der Waals surface area contributed by atoms with Gasteiger partial charge >= 0.3 is 5.69 Å². The summed E-state index contributed by atoms with van der Waals surface area (Å²) in [7, 11) is 0. The quantitative estimate of drug-likeness (QED) is 0.540. The van der Waals surface area contributed by atoms with Crippen molar-refractivity contribution in [2.24, 2.45) is 0 Å². The molecule has 1 saturated carbocycles. The van der Waals surface area contributed by atoms with Gasteiger partial charge in [-0.2, -0.15) is 9.97 Å². The van der Waals surface area contributed by atoms with Gasteiger partial charge in [-0.25, -0.2) is 0 Å². The second-order valence-corrected chi connectivity index (χ2v) is 6.44. The number of nitro groups is 1. The number of nitrogens with zero attached hydrogens (tertiary/aromatic N) is 3. The molecule has 1 fully saturated rings. The van der Waals surface area contributed by atoms with Crippen molar-refractivity contribution in [2.45, 2.75) is 38.1 Å². The molecule has 1 heterocycles. The van der Waals surface area contributed by atoms with Crippen molar-refractivity contribution >= 4 is 40.6 Å². The van der Waals surface area contributed by atoms with Crippen molar-refractivity contribution in [3.8, 4) is 0 Å². The summed E-state index contributed by atoms with van der Waals surface area (Å²) in [6.07, 6.45) is 5.57. The number of nitrogens with two attached hydrogens (primary N) is 1. The van der Waals surface area contributed by atoms with Gasteiger partial charge < -0.3 is 16.4 Å². The van der Waals surface area contributed by atoms with Crippen LogP contribution in [-0.2, 0) is 0 Å². The highest BCUT2D eigenvalue weighted by Gasteiger charge is 2.24. The smallest absolute Gasteiger partial charge is 0.353 e. The molecule has 0 radical (unpaired) electrons. The number of hydrogen-bond donors (Lipinski definition) is 3. The minimum absolute atomic E-state index is 0.0399. The summed E-state index contributed by atoms with van der Waals surface area (Å²) in [6, 6.07) is 7.10. The molecule has 4 N–H and O–H groups in total. The lowest BCUT2D eigenvalue weighted by molar-refractivity contribution is -0.383. The predicted molar refractivity (Wildman–Crippen MR) is 98.3 cm³/mol. The Morgan fingerprint density at radius 3 is 2.68 bits per heavy atom. The molecule has 0 bridgehead atoms. The van der Waals surface area contributed by atoms with Crippen molar-refractivity contribution in [1.82, 2.24) is 9.97 Å². The average Bonchev–Trinajstić information content (AvgIpc) is 2.55. The van der Waals surface area contributed by atoms with Crippen molar-refractivity contribution in [2.75, 3.05) is 16.4 Å². The van der Waals surface area contributed by atoms with Crippen LogP contribution >= 0.6 is 11.6 Å². The number of hydrogen-bond acceptors (Lipinski definition) is 7. The normalized spacial score (nSPS) is 14.9. The molecule has 0 atom stereocenters. The summed E-state index contributed by atoms with van der Waals surface area (Å²) >= 11 is 5.96. The van der Waals surface area contributed by atoms with E-state index in [1.54, 1.807) is 24.3 Å². The van der Waals surface area contributed by atoms with Crippen LogP contribution in [0.25, 0.3) is 0 Å². The van der Waals surface area contributed by atoms with Gasteiger partial charge in [0.15, 0.2) is 0 Å². The van der Waals surface area contributed by atoms with Gasteiger partial charge in [-0.3, -0.25) is 10.1 Å². The highest BCUT2D eigenvalue weighted by Crippen LogP contribution is 2.32. The van der Waals surface area contributed by atoms with Gasteiger partial charge in [0.05, 0.1) is 4.92 Å². The van der Waals surface area contributed by atoms with Crippen LogP contribution in [0.2, 0.25) is 5.02 Å². The third-order valence-electron chi connectivity index (χ3n) is 4.12. The molecule has 25 heavy (non-hydrogen) atoms. The molecule has 1 aliphatic rings. The summed E-state index contributed by atoms with van der Waals surface area (Å²) in [6.45, 7) is 0. The van der Waals surface area contributed by atoms with E-state index in [9.17, 15) is 10.1 Å². The van der Waals surface area contributed by atoms with Gasteiger partial charge in [-0.1, -0.05) is 36.9 Å². The summed E-state index contributed by atoms with van der Waals surface area (Å²) in [5, 5.41) is 18.0. The Morgan fingerprint density at radius 2 is 2.00 bits per heavy atom. The number of halogens is 1.